The Bertz CT molecular complexity index is 652. The minimum atomic E-state index is -0.140. The second kappa shape index (κ2) is 6.05. The summed E-state index contributed by atoms with van der Waals surface area (Å²) in [5.41, 5.74) is 1.64. The average molecular weight is 297 g/mol. The number of aromatic nitrogens is 1. The Hall–Kier alpha value is -2.56. The monoisotopic (exact) mass is 297 g/mol. The number of nitrogens with one attached hydrogen (secondary N) is 2. The van der Waals surface area contributed by atoms with Crippen LogP contribution in [0.15, 0.2) is 48.7 Å². The van der Waals surface area contributed by atoms with Crippen LogP contribution in [0.4, 0.5) is 0 Å². The number of benzene rings is 1. The Kier molecular flexibility index (Phi) is 3.96. The average Bonchev–Trinajstić information content (AvgIpc) is 3.15. The molecule has 2 atom stereocenters. The van der Waals surface area contributed by atoms with E-state index in [-0.39, 0.29) is 23.8 Å². The molecule has 0 aliphatic carbocycles. The van der Waals surface area contributed by atoms with Gasteiger partial charge >= 0.3 is 0 Å². The molecule has 1 aromatic carbocycles. The van der Waals surface area contributed by atoms with Crippen LogP contribution in [-0.4, -0.2) is 35.3 Å². The van der Waals surface area contributed by atoms with Gasteiger partial charge in [0.25, 0.3) is 5.91 Å². The number of rotatable bonds is 4. The first kappa shape index (κ1) is 14.4. The van der Waals surface area contributed by atoms with Gasteiger partial charge < -0.3 is 15.2 Å². The molecule has 2 amide bonds. The molecule has 1 fully saturated rings. The van der Waals surface area contributed by atoms with Gasteiger partial charge in [-0.1, -0.05) is 30.3 Å². The first-order valence-corrected chi connectivity index (χ1v) is 7.39. The van der Waals surface area contributed by atoms with Gasteiger partial charge in [-0.2, -0.15) is 0 Å². The maximum atomic E-state index is 12.0. The number of aromatic amines is 1. The maximum Gasteiger partial charge on any atom is 0.267 e. The van der Waals surface area contributed by atoms with E-state index in [2.05, 4.69) is 10.3 Å². The molecule has 1 aliphatic heterocycles. The fourth-order valence-electron chi connectivity index (χ4n) is 3.07. The molecule has 5 heteroatoms. The predicted molar refractivity (Wildman–Crippen MR) is 83.2 cm³/mol. The van der Waals surface area contributed by atoms with Crippen LogP contribution < -0.4 is 5.32 Å². The molecule has 2 aromatic rings. The van der Waals surface area contributed by atoms with Crippen molar-refractivity contribution < 1.29 is 9.59 Å². The molecule has 1 aliphatic rings. The summed E-state index contributed by atoms with van der Waals surface area (Å²) in [5.74, 6) is 0.0607. The summed E-state index contributed by atoms with van der Waals surface area (Å²) in [6, 6.07) is 13.5. The third-order valence-electron chi connectivity index (χ3n) is 4.20. The van der Waals surface area contributed by atoms with Gasteiger partial charge in [-0.15, -0.1) is 0 Å². The lowest BCUT2D eigenvalue weighted by Crippen LogP contribution is -2.32. The van der Waals surface area contributed by atoms with Crippen molar-refractivity contribution in [3.8, 4) is 0 Å². The largest absolute Gasteiger partial charge is 0.357 e. The van der Waals surface area contributed by atoms with E-state index >= 15 is 0 Å². The van der Waals surface area contributed by atoms with Gasteiger partial charge in [0.2, 0.25) is 5.91 Å². The molecule has 22 heavy (non-hydrogen) atoms. The van der Waals surface area contributed by atoms with Crippen molar-refractivity contribution in [2.45, 2.75) is 12.5 Å². The predicted octanol–water partition coefficient (Wildman–Crippen LogP) is 1.96. The van der Waals surface area contributed by atoms with Crippen molar-refractivity contribution in [3.05, 3.63) is 59.9 Å². The first-order valence-electron chi connectivity index (χ1n) is 7.39. The number of carbonyl (C=O) groups excluding carboxylic acids is 2. The molecule has 5 nitrogen and oxygen atoms in total. The highest BCUT2D eigenvalue weighted by molar-refractivity contribution is 5.92. The Morgan fingerprint density at radius 2 is 2.05 bits per heavy atom. The second-order valence-corrected chi connectivity index (χ2v) is 5.62. The standard InChI is InChI=1S/C17H19N3O2/c1-20-15(21)10-13(16(20)12-6-3-2-4-7-12)11-19-17(22)14-8-5-9-18-14/h2-9,13,16,18H,10-11H2,1H3,(H,19,22)/t13-,16+/m0/s1. The van der Waals surface area contributed by atoms with Crippen molar-refractivity contribution in [1.82, 2.24) is 15.2 Å². The number of carbonyl (C=O) groups is 2. The van der Waals surface area contributed by atoms with E-state index in [1.54, 1.807) is 23.2 Å². The van der Waals surface area contributed by atoms with Crippen LogP contribution in [-0.2, 0) is 4.79 Å². The third-order valence-corrected chi connectivity index (χ3v) is 4.20. The number of hydrogen-bond donors (Lipinski definition) is 2. The second-order valence-electron chi connectivity index (χ2n) is 5.62. The van der Waals surface area contributed by atoms with Crippen LogP contribution in [0, 0.1) is 5.92 Å². The lowest BCUT2D eigenvalue weighted by Gasteiger charge is -2.25. The lowest BCUT2D eigenvalue weighted by atomic mass is 9.93. The maximum absolute atomic E-state index is 12.0. The summed E-state index contributed by atoms with van der Waals surface area (Å²) >= 11 is 0. The van der Waals surface area contributed by atoms with Crippen LogP contribution in [0.3, 0.4) is 0 Å². The quantitative estimate of drug-likeness (QED) is 0.906. The lowest BCUT2D eigenvalue weighted by molar-refractivity contribution is -0.127. The molecule has 0 unspecified atom stereocenters. The highest BCUT2D eigenvalue weighted by atomic mass is 16.2. The molecule has 3 rings (SSSR count). The summed E-state index contributed by atoms with van der Waals surface area (Å²) in [4.78, 5) is 28.7. The number of hydrogen-bond acceptors (Lipinski definition) is 2. The summed E-state index contributed by atoms with van der Waals surface area (Å²) in [7, 11) is 1.83. The van der Waals surface area contributed by atoms with E-state index in [1.165, 1.54) is 0 Å². The summed E-state index contributed by atoms with van der Waals surface area (Å²) in [5, 5.41) is 2.92. The van der Waals surface area contributed by atoms with Crippen LogP contribution in [0.25, 0.3) is 0 Å². The summed E-state index contributed by atoms with van der Waals surface area (Å²) in [6.45, 7) is 0.480. The number of likely N-dealkylation sites (tertiary alicyclic amines) is 1. The van der Waals surface area contributed by atoms with Crippen molar-refractivity contribution >= 4 is 11.8 Å². The SMILES string of the molecule is CN1C(=O)C[C@@H](CNC(=O)c2ccc[nH]2)[C@H]1c1ccccc1. The van der Waals surface area contributed by atoms with E-state index in [0.717, 1.165) is 5.56 Å². The van der Waals surface area contributed by atoms with Gasteiger partial charge in [-0.25, -0.2) is 0 Å². The molecule has 0 spiro atoms. The molecule has 1 aromatic heterocycles. The Labute approximate surface area is 129 Å². The first-order chi connectivity index (χ1) is 10.7. The summed E-state index contributed by atoms with van der Waals surface area (Å²) in [6.07, 6.45) is 2.18. The summed E-state index contributed by atoms with van der Waals surface area (Å²) < 4.78 is 0. The molecule has 0 radical (unpaired) electrons. The van der Waals surface area contributed by atoms with Gasteiger partial charge in [0.1, 0.15) is 5.69 Å². The van der Waals surface area contributed by atoms with Gasteiger partial charge in [0.15, 0.2) is 0 Å². The van der Waals surface area contributed by atoms with E-state index in [9.17, 15) is 9.59 Å². The molecule has 0 saturated carbocycles. The van der Waals surface area contributed by atoms with E-state index in [0.29, 0.717) is 18.7 Å². The van der Waals surface area contributed by atoms with Crippen molar-refractivity contribution in [3.63, 3.8) is 0 Å². The zero-order valence-corrected chi connectivity index (χ0v) is 12.5. The third kappa shape index (κ3) is 2.74. The minimum absolute atomic E-state index is 0.0117. The molecule has 2 heterocycles. The van der Waals surface area contributed by atoms with Crippen molar-refractivity contribution in [2.24, 2.45) is 5.92 Å². The molecule has 114 valence electrons. The Morgan fingerprint density at radius 1 is 1.27 bits per heavy atom. The number of H-pyrrole nitrogens is 1. The number of nitrogens with zero attached hydrogens (tertiary/aromatic N) is 1. The zero-order valence-electron chi connectivity index (χ0n) is 12.5. The molecular formula is C17H19N3O2. The highest BCUT2D eigenvalue weighted by Gasteiger charge is 2.38. The smallest absolute Gasteiger partial charge is 0.267 e. The highest BCUT2D eigenvalue weighted by Crippen LogP contribution is 2.36. The van der Waals surface area contributed by atoms with Crippen molar-refractivity contribution in [2.75, 3.05) is 13.6 Å². The van der Waals surface area contributed by atoms with Gasteiger partial charge in [-0.05, 0) is 17.7 Å². The van der Waals surface area contributed by atoms with Crippen LogP contribution >= 0.6 is 0 Å². The van der Waals surface area contributed by atoms with Crippen molar-refractivity contribution in [1.29, 1.82) is 0 Å². The Balaban J connectivity index is 1.71. The van der Waals surface area contributed by atoms with Gasteiger partial charge in [0, 0.05) is 32.1 Å². The topological polar surface area (TPSA) is 65.2 Å². The minimum Gasteiger partial charge on any atom is -0.357 e. The molecule has 0 bridgehead atoms. The molecular weight excluding hydrogens is 278 g/mol. The zero-order chi connectivity index (χ0) is 15.5. The fourth-order valence-corrected chi connectivity index (χ4v) is 3.07. The van der Waals surface area contributed by atoms with Crippen LogP contribution in [0.2, 0.25) is 0 Å². The normalized spacial score (nSPS) is 21.1. The Morgan fingerprint density at radius 3 is 2.73 bits per heavy atom. The van der Waals surface area contributed by atoms with Crippen LogP contribution in [0.5, 0.6) is 0 Å². The van der Waals surface area contributed by atoms with Gasteiger partial charge in [-0.3, -0.25) is 9.59 Å². The van der Waals surface area contributed by atoms with Crippen LogP contribution in [0.1, 0.15) is 28.5 Å². The van der Waals surface area contributed by atoms with E-state index < -0.39 is 0 Å². The number of amides is 2. The molecule has 2 N–H and O–H groups in total. The van der Waals surface area contributed by atoms with E-state index in [1.807, 2.05) is 37.4 Å². The molecule has 1 saturated heterocycles. The van der Waals surface area contributed by atoms with Gasteiger partial charge in [0.05, 0.1) is 6.04 Å². The van der Waals surface area contributed by atoms with E-state index in [4.69, 9.17) is 0 Å². The fraction of sp³-hybridized carbons (Fsp3) is 0.294.